The number of nitrogens with zero attached hydrogens (tertiary/aromatic N) is 1. The van der Waals surface area contributed by atoms with Crippen molar-refractivity contribution in [3.8, 4) is 0 Å². The number of likely N-dealkylation sites (N-methyl/N-ethyl adjacent to an activating group) is 1. The van der Waals surface area contributed by atoms with E-state index in [0.29, 0.717) is 18.7 Å². The van der Waals surface area contributed by atoms with Gasteiger partial charge in [0, 0.05) is 27.3 Å². The molecule has 0 fully saturated rings. The topological polar surface area (TPSA) is 84.7 Å². The Morgan fingerprint density at radius 3 is 2.48 bits per heavy atom. The van der Waals surface area contributed by atoms with E-state index in [4.69, 9.17) is 10.5 Å². The molecule has 1 rings (SSSR count). The monoisotopic (exact) mass is 343 g/mol. The van der Waals surface area contributed by atoms with Crippen molar-refractivity contribution < 1.29 is 14.3 Å². The summed E-state index contributed by atoms with van der Waals surface area (Å²) in [6, 6.07) is 9.13. The quantitative estimate of drug-likeness (QED) is 0.687. The molecule has 1 atom stereocenters. The molecule has 0 aliphatic rings. The van der Waals surface area contributed by atoms with Gasteiger partial charge in [-0.05, 0) is 18.9 Å². The van der Waals surface area contributed by atoms with Crippen LogP contribution in [0.4, 0.5) is 0 Å². The number of benzene rings is 1. The number of methoxy groups -OCH3 is 1. The van der Waals surface area contributed by atoms with E-state index >= 15 is 0 Å². The fourth-order valence-corrected chi connectivity index (χ4v) is 2.09. The van der Waals surface area contributed by atoms with Crippen LogP contribution < -0.4 is 11.1 Å². The fourth-order valence-electron chi connectivity index (χ4n) is 2.09. The highest BCUT2D eigenvalue weighted by Gasteiger charge is 2.33. The predicted octanol–water partition coefficient (Wildman–Crippen LogP) is 0.893. The summed E-state index contributed by atoms with van der Waals surface area (Å²) in [5.74, 6) is -0.512. The second-order valence-corrected chi connectivity index (χ2v) is 5.43. The molecular weight excluding hydrogens is 318 g/mol. The lowest BCUT2D eigenvalue weighted by atomic mass is 9.92. The molecule has 3 N–H and O–H groups in total. The summed E-state index contributed by atoms with van der Waals surface area (Å²) < 4.78 is 4.90. The third kappa shape index (κ3) is 6.56. The molecule has 0 saturated heterocycles. The van der Waals surface area contributed by atoms with E-state index in [-0.39, 0.29) is 30.8 Å². The first kappa shape index (κ1) is 21.4. The lowest BCUT2D eigenvalue weighted by Gasteiger charge is -2.29. The highest BCUT2D eigenvalue weighted by Crippen LogP contribution is 2.19. The van der Waals surface area contributed by atoms with Gasteiger partial charge in [-0.15, -0.1) is 12.4 Å². The number of nitrogens with two attached hydrogens (primary N) is 1. The number of carbonyl (C=O) groups is 2. The first-order chi connectivity index (χ1) is 10.4. The summed E-state index contributed by atoms with van der Waals surface area (Å²) >= 11 is 0. The van der Waals surface area contributed by atoms with Gasteiger partial charge in [0.1, 0.15) is 5.54 Å². The minimum Gasteiger partial charge on any atom is -0.385 e. The largest absolute Gasteiger partial charge is 0.385 e. The van der Waals surface area contributed by atoms with Gasteiger partial charge in [0.05, 0.1) is 6.54 Å². The zero-order valence-corrected chi connectivity index (χ0v) is 14.7. The minimum absolute atomic E-state index is 0. The smallest absolute Gasteiger partial charge is 0.247 e. The highest BCUT2D eigenvalue weighted by atomic mass is 35.5. The molecule has 1 unspecified atom stereocenters. The number of carbonyl (C=O) groups excluding carboxylic acids is 2. The molecule has 0 heterocycles. The van der Waals surface area contributed by atoms with Crippen LogP contribution in [0.5, 0.6) is 0 Å². The van der Waals surface area contributed by atoms with E-state index in [1.165, 1.54) is 4.90 Å². The van der Waals surface area contributed by atoms with Crippen LogP contribution in [0.2, 0.25) is 0 Å². The molecule has 0 aliphatic carbocycles. The Kier molecular flexibility index (Phi) is 9.48. The first-order valence-electron chi connectivity index (χ1n) is 7.25. The Hall–Kier alpha value is -1.63. The highest BCUT2D eigenvalue weighted by molar-refractivity contribution is 5.90. The van der Waals surface area contributed by atoms with Crippen LogP contribution in [0.25, 0.3) is 0 Å². The third-order valence-corrected chi connectivity index (χ3v) is 3.39. The van der Waals surface area contributed by atoms with E-state index in [1.54, 1.807) is 33.2 Å². The number of amides is 2. The second kappa shape index (κ2) is 10.2. The van der Waals surface area contributed by atoms with Gasteiger partial charge in [0.25, 0.3) is 0 Å². The van der Waals surface area contributed by atoms with Crippen molar-refractivity contribution in [2.24, 2.45) is 5.73 Å². The maximum Gasteiger partial charge on any atom is 0.247 e. The number of halogens is 1. The zero-order valence-electron chi connectivity index (χ0n) is 13.9. The lowest BCUT2D eigenvalue weighted by molar-refractivity contribution is -0.139. The van der Waals surface area contributed by atoms with Crippen LogP contribution in [0, 0.1) is 0 Å². The molecule has 0 aromatic heterocycles. The Morgan fingerprint density at radius 1 is 1.30 bits per heavy atom. The molecule has 0 aliphatic heterocycles. The summed E-state index contributed by atoms with van der Waals surface area (Å²) in [6.07, 6.45) is 0.735. The van der Waals surface area contributed by atoms with E-state index < -0.39 is 5.54 Å². The predicted molar refractivity (Wildman–Crippen MR) is 92.4 cm³/mol. The summed E-state index contributed by atoms with van der Waals surface area (Å²) in [6.45, 7) is 2.74. The lowest BCUT2D eigenvalue weighted by Crippen LogP contribution is -2.51. The number of rotatable bonds is 8. The Bertz CT molecular complexity index is 495. The molecular formula is C16H26ClN3O3. The summed E-state index contributed by atoms with van der Waals surface area (Å²) in [5.41, 5.74) is 5.71. The minimum atomic E-state index is -1.16. The van der Waals surface area contributed by atoms with Crippen molar-refractivity contribution in [1.82, 2.24) is 10.2 Å². The summed E-state index contributed by atoms with van der Waals surface area (Å²) in [4.78, 5) is 25.6. The molecule has 1 aromatic carbocycles. The van der Waals surface area contributed by atoms with Crippen molar-refractivity contribution in [3.05, 3.63) is 35.9 Å². The van der Waals surface area contributed by atoms with Gasteiger partial charge in [0.2, 0.25) is 11.8 Å². The summed E-state index contributed by atoms with van der Waals surface area (Å²) in [5, 5.41) is 2.74. The standard InChI is InChI=1S/C16H25N3O3.ClH/c1-16(17,13-8-5-4-6-9-13)15(21)19(2)12-14(20)18-10-7-11-22-3;/h4-6,8-9H,7,10-12,17H2,1-3H3,(H,18,20);1H. The van der Waals surface area contributed by atoms with Gasteiger partial charge in [-0.25, -0.2) is 0 Å². The van der Waals surface area contributed by atoms with Crippen molar-refractivity contribution in [1.29, 1.82) is 0 Å². The molecule has 0 spiro atoms. The number of hydrogen-bond acceptors (Lipinski definition) is 4. The van der Waals surface area contributed by atoms with Crippen molar-refractivity contribution in [2.75, 3.05) is 33.9 Å². The van der Waals surface area contributed by atoms with Gasteiger partial charge < -0.3 is 20.7 Å². The van der Waals surface area contributed by atoms with Crippen LogP contribution in [-0.4, -0.2) is 50.6 Å². The Morgan fingerprint density at radius 2 is 1.91 bits per heavy atom. The summed E-state index contributed by atoms with van der Waals surface area (Å²) in [7, 11) is 3.19. The molecule has 0 saturated carbocycles. The van der Waals surface area contributed by atoms with Gasteiger partial charge in [0.15, 0.2) is 0 Å². The average Bonchev–Trinajstić information content (AvgIpc) is 2.51. The Balaban J connectivity index is 0.00000484. The molecule has 0 bridgehead atoms. The third-order valence-electron chi connectivity index (χ3n) is 3.39. The van der Waals surface area contributed by atoms with Gasteiger partial charge in [-0.3, -0.25) is 9.59 Å². The number of nitrogens with one attached hydrogen (secondary N) is 1. The maximum absolute atomic E-state index is 12.5. The molecule has 23 heavy (non-hydrogen) atoms. The molecule has 6 nitrogen and oxygen atoms in total. The maximum atomic E-state index is 12.5. The first-order valence-corrected chi connectivity index (χ1v) is 7.25. The van der Waals surface area contributed by atoms with Crippen molar-refractivity contribution in [2.45, 2.75) is 18.9 Å². The van der Waals surface area contributed by atoms with Crippen molar-refractivity contribution >= 4 is 24.2 Å². The SMILES string of the molecule is COCCCNC(=O)CN(C)C(=O)C(C)(N)c1ccccc1.Cl. The average molecular weight is 344 g/mol. The van der Waals surface area contributed by atoms with E-state index in [1.807, 2.05) is 18.2 Å². The van der Waals surface area contributed by atoms with Crippen molar-refractivity contribution in [3.63, 3.8) is 0 Å². The fraction of sp³-hybridized carbons (Fsp3) is 0.500. The van der Waals surface area contributed by atoms with Crippen LogP contribution in [0.3, 0.4) is 0 Å². The van der Waals surface area contributed by atoms with E-state index in [0.717, 1.165) is 6.42 Å². The van der Waals surface area contributed by atoms with Crippen LogP contribution in [0.1, 0.15) is 18.9 Å². The molecule has 0 radical (unpaired) electrons. The molecule has 2 amide bonds. The Labute approximate surface area is 143 Å². The van der Waals surface area contributed by atoms with E-state index in [9.17, 15) is 9.59 Å². The van der Waals surface area contributed by atoms with Crippen LogP contribution >= 0.6 is 12.4 Å². The van der Waals surface area contributed by atoms with E-state index in [2.05, 4.69) is 5.32 Å². The van der Waals surface area contributed by atoms with Gasteiger partial charge in [-0.1, -0.05) is 30.3 Å². The van der Waals surface area contributed by atoms with Gasteiger partial charge >= 0.3 is 0 Å². The molecule has 7 heteroatoms. The normalized spacial score (nSPS) is 12.7. The van der Waals surface area contributed by atoms with Crippen LogP contribution in [0.15, 0.2) is 30.3 Å². The molecule has 1 aromatic rings. The number of ether oxygens (including phenoxy) is 1. The van der Waals surface area contributed by atoms with Crippen LogP contribution in [-0.2, 0) is 19.9 Å². The molecule has 130 valence electrons. The number of hydrogen-bond donors (Lipinski definition) is 2. The second-order valence-electron chi connectivity index (χ2n) is 5.43. The van der Waals surface area contributed by atoms with Gasteiger partial charge in [-0.2, -0.15) is 0 Å². The zero-order chi connectivity index (χ0) is 16.6.